The summed E-state index contributed by atoms with van der Waals surface area (Å²) in [6.45, 7) is 1.54. The minimum Gasteiger partial charge on any atom is -0.225 e. The molecular weight excluding hydrogens is 262 g/mol. The second kappa shape index (κ2) is 4.15. The van der Waals surface area contributed by atoms with Crippen molar-refractivity contribution in [2.75, 3.05) is 0 Å². The fourth-order valence-electron chi connectivity index (χ4n) is 1.67. The van der Waals surface area contributed by atoms with Crippen LogP contribution < -0.4 is 0 Å². The summed E-state index contributed by atoms with van der Waals surface area (Å²) < 4.78 is 75.8. The van der Waals surface area contributed by atoms with Crippen LogP contribution in [0.3, 0.4) is 0 Å². The van der Waals surface area contributed by atoms with Gasteiger partial charge in [-0.15, -0.1) is 0 Å². The molecule has 101 valence electrons. The van der Waals surface area contributed by atoms with E-state index in [1.165, 1.54) is 0 Å². The molecule has 0 aliphatic carbocycles. The molecule has 0 aliphatic heterocycles. The maximum absolute atomic E-state index is 12.6. The van der Waals surface area contributed by atoms with Crippen molar-refractivity contribution < 1.29 is 31.4 Å². The van der Waals surface area contributed by atoms with E-state index in [1.54, 1.807) is 0 Å². The second-order valence-electron chi connectivity index (χ2n) is 4.23. The molecule has 0 saturated carbocycles. The molecule has 18 heavy (non-hydrogen) atoms. The zero-order valence-corrected chi connectivity index (χ0v) is 9.41. The zero-order valence-electron chi connectivity index (χ0n) is 9.41. The predicted octanol–water partition coefficient (Wildman–Crippen LogP) is 4.39. The molecule has 1 rings (SSSR count). The van der Waals surface area contributed by atoms with Gasteiger partial charge in [-0.3, -0.25) is 0 Å². The van der Waals surface area contributed by atoms with Crippen LogP contribution in [0.15, 0.2) is 18.2 Å². The van der Waals surface area contributed by atoms with Crippen molar-refractivity contribution in [3.8, 4) is 0 Å². The third-order valence-electron chi connectivity index (χ3n) is 2.28. The van der Waals surface area contributed by atoms with Crippen LogP contribution in [-0.2, 0) is 23.1 Å². The highest BCUT2D eigenvalue weighted by atomic mass is 19.4. The average Bonchev–Trinajstić information content (AvgIpc) is 2.12. The fourth-order valence-corrected chi connectivity index (χ4v) is 1.67. The third-order valence-corrected chi connectivity index (χ3v) is 2.28. The first-order valence-corrected chi connectivity index (χ1v) is 4.83. The van der Waals surface area contributed by atoms with Crippen LogP contribution in [0.25, 0.3) is 0 Å². The molecule has 0 atom stereocenters. The third kappa shape index (κ3) is 2.95. The van der Waals surface area contributed by atoms with Gasteiger partial charge in [-0.1, -0.05) is 6.07 Å². The minimum absolute atomic E-state index is 0.476. The molecule has 0 aromatic heterocycles. The Morgan fingerprint density at radius 2 is 1.17 bits per heavy atom. The fraction of sp³-hybridized carbons (Fsp3) is 0.455. The Hall–Kier alpha value is -1.24. The number of alkyl halides is 6. The topological polar surface area (TPSA) is 19.9 Å². The summed E-state index contributed by atoms with van der Waals surface area (Å²) in [5.41, 5.74) is -6.86. The molecule has 0 spiro atoms. The summed E-state index contributed by atoms with van der Waals surface area (Å²) in [7, 11) is 0. The first-order valence-electron chi connectivity index (χ1n) is 4.83. The van der Waals surface area contributed by atoms with E-state index in [9.17, 15) is 31.4 Å². The molecule has 0 unspecified atom stereocenters. The monoisotopic (exact) mass is 271 g/mol. The van der Waals surface area contributed by atoms with Gasteiger partial charge in [0.15, 0.2) is 0 Å². The smallest absolute Gasteiger partial charge is 0.225 e. The Labute approximate surface area is 99.0 Å². The van der Waals surface area contributed by atoms with Gasteiger partial charge in [0.25, 0.3) is 0 Å². The lowest BCUT2D eigenvalue weighted by Crippen LogP contribution is -2.26. The van der Waals surface area contributed by atoms with Crippen molar-refractivity contribution in [1.82, 2.24) is 0 Å². The number of rotatable bonds is 1. The van der Waals surface area contributed by atoms with Crippen LogP contribution in [-0.4, -0.2) is 0 Å². The van der Waals surface area contributed by atoms with Crippen molar-refractivity contribution in [3.05, 3.63) is 34.9 Å². The molecule has 0 aliphatic rings. The molecule has 0 amide bonds. The molecule has 1 nitrogen and oxygen atoms in total. The van der Waals surface area contributed by atoms with E-state index in [4.69, 9.17) is 0 Å². The van der Waals surface area contributed by atoms with Gasteiger partial charge in [-0.05, 0) is 26.0 Å². The standard InChI is InChI=1S/C11H9F6O/c1-9(2,18)8-6(10(12,13)14)4-3-5-7(8)11(15,16)17/h3-5H,1-2H3. The molecular formula is C11H9F6O. The summed E-state index contributed by atoms with van der Waals surface area (Å²) in [5, 5.41) is 11.6. The molecule has 7 heteroatoms. The Morgan fingerprint density at radius 3 is 1.39 bits per heavy atom. The van der Waals surface area contributed by atoms with Crippen molar-refractivity contribution >= 4 is 0 Å². The van der Waals surface area contributed by atoms with Gasteiger partial charge in [-0.2, -0.15) is 26.3 Å². The summed E-state index contributed by atoms with van der Waals surface area (Å²) in [6, 6.07) is 1.59. The van der Waals surface area contributed by atoms with Crippen LogP contribution in [0, 0.1) is 0 Å². The molecule has 1 radical (unpaired) electrons. The number of hydrogen-bond acceptors (Lipinski definition) is 0. The van der Waals surface area contributed by atoms with Crippen LogP contribution in [0.1, 0.15) is 30.5 Å². The van der Waals surface area contributed by atoms with Gasteiger partial charge in [0, 0.05) is 5.56 Å². The van der Waals surface area contributed by atoms with Crippen LogP contribution >= 0.6 is 0 Å². The average molecular weight is 271 g/mol. The predicted molar refractivity (Wildman–Crippen MR) is 50.2 cm³/mol. The summed E-state index contributed by atoms with van der Waals surface area (Å²) in [5.74, 6) is 0. The zero-order chi connectivity index (χ0) is 14.4. The normalized spacial score (nSPS) is 13.8. The van der Waals surface area contributed by atoms with Gasteiger partial charge < -0.3 is 0 Å². The summed E-state index contributed by atoms with van der Waals surface area (Å²) in [6.07, 6.45) is -10.0. The van der Waals surface area contributed by atoms with Crippen molar-refractivity contribution in [2.45, 2.75) is 31.8 Å². The van der Waals surface area contributed by atoms with E-state index in [-0.39, 0.29) is 0 Å². The van der Waals surface area contributed by atoms with E-state index in [0.717, 1.165) is 13.8 Å². The quantitative estimate of drug-likeness (QED) is 0.675. The number of hydrogen-bond donors (Lipinski definition) is 0. The second-order valence-corrected chi connectivity index (χ2v) is 4.23. The first kappa shape index (κ1) is 14.8. The van der Waals surface area contributed by atoms with E-state index in [1.807, 2.05) is 0 Å². The summed E-state index contributed by atoms with van der Waals surface area (Å²) in [4.78, 5) is 0. The van der Waals surface area contributed by atoms with Crippen molar-refractivity contribution in [1.29, 1.82) is 0 Å². The Balaban J connectivity index is 3.68. The lowest BCUT2D eigenvalue weighted by atomic mass is 9.88. The van der Waals surface area contributed by atoms with E-state index >= 15 is 0 Å². The van der Waals surface area contributed by atoms with Gasteiger partial charge >= 0.3 is 12.4 Å². The van der Waals surface area contributed by atoms with Crippen LogP contribution in [0.2, 0.25) is 0 Å². The first-order chi connectivity index (χ1) is 7.85. The van der Waals surface area contributed by atoms with E-state index in [2.05, 4.69) is 0 Å². The molecule has 0 saturated heterocycles. The maximum Gasteiger partial charge on any atom is 0.416 e. The molecule has 0 heterocycles. The molecule has 1 aromatic carbocycles. The van der Waals surface area contributed by atoms with Gasteiger partial charge in [0.2, 0.25) is 0 Å². The number of halogens is 6. The van der Waals surface area contributed by atoms with Gasteiger partial charge in [-0.25, -0.2) is 5.11 Å². The van der Waals surface area contributed by atoms with Gasteiger partial charge in [0.05, 0.1) is 11.1 Å². The lowest BCUT2D eigenvalue weighted by Gasteiger charge is -2.25. The van der Waals surface area contributed by atoms with Crippen molar-refractivity contribution in [2.24, 2.45) is 0 Å². The molecule has 0 N–H and O–H groups in total. The highest BCUT2D eigenvalue weighted by Gasteiger charge is 2.44. The van der Waals surface area contributed by atoms with E-state index < -0.39 is 34.6 Å². The molecule has 0 bridgehead atoms. The number of benzene rings is 1. The summed E-state index contributed by atoms with van der Waals surface area (Å²) >= 11 is 0. The maximum atomic E-state index is 12.6. The van der Waals surface area contributed by atoms with Crippen LogP contribution in [0.5, 0.6) is 0 Å². The Morgan fingerprint density at radius 1 is 0.833 bits per heavy atom. The Bertz CT molecular complexity index is 406. The highest BCUT2D eigenvalue weighted by Crippen LogP contribution is 2.43. The van der Waals surface area contributed by atoms with Gasteiger partial charge in [0.1, 0.15) is 5.60 Å². The van der Waals surface area contributed by atoms with Crippen molar-refractivity contribution in [3.63, 3.8) is 0 Å². The largest absolute Gasteiger partial charge is 0.416 e. The minimum atomic E-state index is -5.00. The molecule has 1 aromatic rings. The van der Waals surface area contributed by atoms with E-state index in [0.29, 0.717) is 18.2 Å². The Kier molecular flexibility index (Phi) is 3.42. The van der Waals surface area contributed by atoms with Crippen LogP contribution in [0.4, 0.5) is 26.3 Å². The highest BCUT2D eigenvalue weighted by molar-refractivity contribution is 5.42. The molecule has 0 fully saturated rings. The SMILES string of the molecule is CC(C)([O])c1c(C(F)(F)F)cccc1C(F)(F)F. The lowest BCUT2D eigenvalue weighted by molar-refractivity contribution is -0.150.